The molecule has 0 radical (unpaired) electrons. The molecule has 0 saturated carbocycles. The minimum atomic E-state index is -0.360. The van der Waals surface area contributed by atoms with Crippen molar-refractivity contribution in [3.63, 3.8) is 0 Å². The van der Waals surface area contributed by atoms with E-state index in [4.69, 9.17) is 10.5 Å². The fraction of sp³-hybridized carbons (Fsp3) is 0.235. The lowest BCUT2D eigenvalue weighted by Gasteiger charge is -2.15. The van der Waals surface area contributed by atoms with Crippen LogP contribution in [0.5, 0.6) is 11.6 Å². The molecule has 1 aliphatic rings. The lowest BCUT2D eigenvalue weighted by Crippen LogP contribution is -2.31. The highest BCUT2D eigenvalue weighted by atomic mass is 79.9. The van der Waals surface area contributed by atoms with Gasteiger partial charge in [0.1, 0.15) is 5.75 Å². The third-order valence-corrected chi connectivity index (χ3v) is 4.43. The van der Waals surface area contributed by atoms with Crippen LogP contribution in [0.15, 0.2) is 47.1 Å². The molecule has 0 bridgehead atoms. The van der Waals surface area contributed by atoms with Crippen LogP contribution in [0.4, 0.5) is 0 Å². The molecule has 6 nitrogen and oxygen atoms in total. The van der Waals surface area contributed by atoms with Gasteiger partial charge in [-0.1, -0.05) is 15.9 Å². The van der Waals surface area contributed by atoms with Gasteiger partial charge in [0.2, 0.25) is 11.8 Å². The summed E-state index contributed by atoms with van der Waals surface area (Å²) < 4.78 is 6.59. The maximum atomic E-state index is 12.4. The average molecular weight is 390 g/mol. The highest BCUT2D eigenvalue weighted by Gasteiger charge is 2.30. The molecule has 0 spiro atoms. The Labute approximate surface area is 147 Å². The van der Waals surface area contributed by atoms with Gasteiger partial charge in [0.15, 0.2) is 0 Å². The SMILES string of the molecule is NC(=O)[C@H]1CCN(C(=O)c2ccc(Oc3ccc(Br)cc3)nc2)C1. The lowest BCUT2D eigenvalue weighted by molar-refractivity contribution is -0.121. The number of ether oxygens (including phenoxy) is 1. The first-order chi connectivity index (χ1) is 11.5. The predicted octanol–water partition coefficient (Wildman–Crippen LogP) is 2.58. The van der Waals surface area contributed by atoms with Gasteiger partial charge >= 0.3 is 0 Å². The Bertz CT molecular complexity index is 747. The van der Waals surface area contributed by atoms with E-state index in [0.29, 0.717) is 36.7 Å². The summed E-state index contributed by atoms with van der Waals surface area (Å²) in [5.41, 5.74) is 5.75. The molecular formula is C17H16BrN3O3. The number of nitrogens with zero attached hydrogens (tertiary/aromatic N) is 2. The Kier molecular flexibility index (Phi) is 4.80. The second-order valence-electron chi connectivity index (χ2n) is 5.58. The Balaban J connectivity index is 1.65. The third kappa shape index (κ3) is 3.73. The largest absolute Gasteiger partial charge is 0.439 e. The van der Waals surface area contributed by atoms with Crippen molar-refractivity contribution in [3.8, 4) is 11.6 Å². The molecule has 1 fully saturated rings. The van der Waals surface area contributed by atoms with E-state index in [-0.39, 0.29) is 17.7 Å². The molecule has 7 heteroatoms. The molecule has 1 aromatic carbocycles. The molecule has 1 atom stereocenters. The molecule has 124 valence electrons. The van der Waals surface area contributed by atoms with Crippen molar-refractivity contribution in [2.75, 3.05) is 13.1 Å². The molecule has 0 unspecified atom stereocenters. The van der Waals surface area contributed by atoms with Crippen molar-refractivity contribution in [1.82, 2.24) is 9.88 Å². The standard InChI is InChI=1S/C17H16BrN3O3/c18-13-2-4-14(5-3-13)24-15-6-1-11(9-20-15)17(23)21-8-7-12(10-21)16(19)22/h1-6,9,12H,7-8,10H2,(H2,19,22)/t12-/m0/s1. The Morgan fingerprint density at radius 2 is 1.96 bits per heavy atom. The zero-order valence-electron chi connectivity index (χ0n) is 12.8. The van der Waals surface area contributed by atoms with Crippen LogP contribution in [0.2, 0.25) is 0 Å². The molecule has 1 saturated heterocycles. The number of aromatic nitrogens is 1. The van der Waals surface area contributed by atoms with Gasteiger partial charge in [0, 0.05) is 29.8 Å². The molecule has 2 amide bonds. The number of nitrogens with two attached hydrogens (primary N) is 1. The second kappa shape index (κ2) is 7.00. The predicted molar refractivity (Wildman–Crippen MR) is 91.7 cm³/mol. The van der Waals surface area contributed by atoms with E-state index in [2.05, 4.69) is 20.9 Å². The topological polar surface area (TPSA) is 85.5 Å². The van der Waals surface area contributed by atoms with Crippen LogP contribution in [0.25, 0.3) is 0 Å². The van der Waals surface area contributed by atoms with Gasteiger partial charge in [0.05, 0.1) is 11.5 Å². The van der Waals surface area contributed by atoms with Crippen molar-refractivity contribution < 1.29 is 14.3 Å². The van der Waals surface area contributed by atoms with Gasteiger partial charge in [0.25, 0.3) is 5.91 Å². The summed E-state index contributed by atoms with van der Waals surface area (Å²) in [5, 5.41) is 0. The van der Waals surface area contributed by atoms with Crippen molar-refractivity contribution >= 4 is 27.7 Å². The van der Waals surface area contributed by atoms with Gasteiger partial charge in [-0.3, -0.25) is 9.59 Å². The monoisotopic (exact) mass is 389 g/mol. The van der Waals surface area contributed by atoms with E-state index < -0.39 is 0 Å². The van der Waals surface area contributed by atoms with Crippen LogP contribution in [-0.4, -0.2) is 34.8 Å². The fourth-order valence-electron chi connectivity index (χ4n) is 2.55. The molecule has 24 heavy (non-hydrogen) atoms. The Hall–Kier alpha value is -2.41. The number of hydrogen-bond acceptors (Lipinski definition) is 4. The molecular weight excluding hydrogens is 374 g/mol. The summed E-state index contributed by atoms with van der Waals surface area (Å²) in [6, 6.07) is 10.7. The zero-order valence-corrected chi connectivity index (χ0v) is 14.4. The summed E-state index contributed by atoms with van der Waals surface area (Å²) in [6.45, 7) is 0.898. The van der Waals surface area contributed by atoms with Crippen LogP contribution >= 0.6 is 15.9 Å². The van der Waals surface area contributed by atoms with Crippen molar-refractivity contribution in [2.24, 2.45) is 11.7 Å². The first-order valence-electron chi connectivity index (χ1n) is 7.51. The molecule has 2 aromatic rings. The molecule has 3 rings (SSSR count). The number of hydrogen-bond donors (Lipinski definition) is 1. The van der Waals surface area contributed by atoms with E-state index in [1.54, 1.807) is 17.0 Å². The molecule has 2 N–H and O–H groups in total. The van der Waals surface area contributed by atoms with Gasteiger partial charge in [-0.25, -0.2) is 4.98 Å². The quantitative estimate of drug-likeness (QED) is 0.870. The zero-order chi connectivity index (χ0) is 17.1. The number of rotatable bonds is 4. The normalized spacial score (nSPS) is 16.9. The van der Waals surface area contributed by atoms with E-state index in [1.807, 2.05) is 24.3 Å². The summed E-state index contributed by atoms with van der Waals surface area (Å²) in [6.07, 6.45) is 2.09. The number of amides is 2. The van der Waals surface area contributed by atoms with E-state index in [0.717, 1.165) is 4.47 Å². The molecule has 0 aliphatic carbocycles. The second-order valence-corrected chi connectivity index (χ2v) is 6.50. The van der Waals surface area contributed by atoms with E-state index in [9.17, 15) is 9.59 Å². The average Bonchev–Trinajstić information content (AvgIpc) is 3.07. The Morgan fingerprint density at radius 3 is 2.54 bits per heavy atom. The van der Waals surface area contributed by atoms with Gasteiger partial charge in [-0.2, -0.15) is 0 Å². The third-order valence-electron chi connectivity index (χ3n) is 3.90. The van der Waals surface area contributed by atoms with Crippen LogP contribution in [0.1, 0.15) is 16.8 Å². The highest BCUT2D eigenvalue weighted by Crippen LogP contribution is 2.23. The van der Waals surface area contributed by atoms with Crippen molar-refractivity contribution in [3.05, 3.63) is 52.6 Å². The van der Waals surface area contributed by atoms with Crippen LogP contribution in [-0.2, 0) is 4.79 Å². The van der Waals surface area contributed by atoms with E-state index in [1.165, 1.54) is 6.20 Å². The number of pyridine rings is 1. The number of benzene rings is 1. The first kappa shape index (κ1) is 16.4. The minimum Gasteiger partial charge on any atom is -0.439 e. The summed E-state index contributed by atoms with van der Waals surface area (Å²) in [5.74, 6) is 0.295. The van der Waals surface area contributed by atoms with Gasteiger partial charge < -0.3 is 15.4 Å². The maximum absolute atomic E-state index is 12.4. The lowest BCUT2D eigenvalue weighted by atomic mass is 10.1. The summed E-state index contributed by atoms with van der Waals surface area (Å²) in [7, 11) is 0. The molecule has 1 aliphatic heterocycles. The molecule has 2 heterocycles. The number of carbonyl (C=O) groups excluding carboxylic acids is 2. The van der Waals surface area contributed by atoms with Crippen molar-refractivity contribution in [1.29, 1.82) is 0 Å². The summed E-state index contributed by atoms with van der Waals surface area (Å²) >= 11 is 3.36. The van der Waals surface area contributed by atoms with Crippen LogP contribution in [0.3, 0.4) is 0 Å². The number of halogens is 1. The van der Waals surface area contributed by atoms with Gasteiger partial charge in [-0.15, -0.1) is 0 Å². The smallest absolute Gasteiger partial charge is 0.255 e. The van der Waals surface area contributed by atoms with Gasteiger partial charge in [-0.05, 0) is 36.8 Å². The molecule has 1 aromatic heterocycles. The minimum absolute atomic E-state index is 0.151. The van der Waals surface area contributed by atoms with Crippen molar-refractivity contribution in [2.45, 2.75) is 6.42 Å². The Morgan fingerprint density at radius 1 is 1.21 bits per heavy atom. The van der Waals surface area contributed by atoms with Crippen LogP contribution < -0.4 is 10.5 Å². The number of primary amides is 1. The first-order valence-corrected chi connectivity index (χ1v) is 8.30. The van der Waals surface area contributed by atoms with Crippen LogP contribution in [0, 0.1) is 5.92 Å². The van der Waals surface area contributed by atoms with E-state index >= 15 is 0 Å². The number of carbonyl (C=O) groups is 2. The fourth-order valence-corrected chi connectivity index (χ4v) is 2.81. The number of likely N-dealkylation sites (tertiary alicyclic amines) is 1. The summed E-state index contributed by atoms with van der Waals surface area (Å²) in [4.78, 5) is 29.4. The highest BCUT2D eigenvalue weighted by molar-refractivity contribution is 9.10. The maximum Gasteiger partial charge on any atom is 0.255 e.